The molecule has 1 N–H and O–H groups in total. The van der Waals surface area contributed by atoms with Gasteiger partial charge in [0.15, 0.2) is 0 Å². The van der Waals surface area contributed by atoms with Crippen molar-refractivity contribution >= 4 is 10.0 Å². The first-order valence-electron chi connectivity index (χ1n) is 8.66. The Labute approximate surface area is 159 Å². The van der Waals surface area contributed by atoms with Crippen LogP contribution in [0.1, 0.15) is 12.5 Å². The van der Waals surface area contributed by atoms with Crippen LogP contribution < -0.4 is 9.46 Å². The van der Waals surface area contributed by atoms with Crippen LogP contribution in [0.3, 0.4) is 0 Å². The largest absolute Gasteiger partial charge is 0.494 e. The van der Waals surface area contributed by atoms with Crippen molar-refractivity contribution in [2.75, 3.05) is 13.2 Å². The van der Waals surface area contributed by atoms with Crippen molar-refractivity contribution in [2.24, 2.45) is 0 Å². The molecule has 0 bridgehead atoms. The van der Waals surface area contributed by atoms with Gasteiger partial charge in [-0.2, -0.15) is 5.10 Å². The van der Waals surface area contributed by atoms with Crippen molar-refractivity contribution in [3.05, 3.63) is 60.6 Å². The number of rotatable bonds is 8. The van der Waals surface area contributed by atoms with Gasteiger partial charge >= 0.3 is 0 Å². The van der Waals surface area contributed by atoms with Gasteiger partial charge in [-0.1, -0.05) is 0 Å². The molecule has 2 aromatic heterocycles. The molecule has 3 rings (SSSR count). The highest BCUT2D eigenvalue weighted by Gasteiger charge is 2.15. The Kier molecular flexibility index (Phi) is 5.88. The molecule has 0 aliphatic rings. The lowest BCUT2D eigenvalue weighted by Gasteiger charge is -2.10. The fourth-order valence-electron chi connectivity index (χ4n) is 2.65. The highest BCUT2D eigenvalue weighted by atomic mass is 32.2. The van der Waals surface area contributed by atoms with Crippen molar-refractivity contribution < 1.29 is 13.2 Å². The maximum absolute atomic E-state index is 12.5. The van der Waals surface area contributed by atoms with E-state index in [0.717, 1.165) is 16.8 Å². The molecule has 0 spiro atoms. The number of ether oxygens (including phenoxy) is 1. The molecule has 0 atom stereocenters. The number of aryl methyl sites for hydroxylation is 1. The van der Waals surface area contributed by atoms with Crippen LogP contribution in [0.5, 0.6) is 5.75 Å². The van der Waals surface area contributed by atoms with Gasteiger partial charge < -0.3 is 4.74 Å². The number of nitrogens with one attached hydrogen (secondary N) is 1. The van der Waals surface area contributed by atoms with Crippen molar-refractivity contribution in [3.8, 4) is 17.0 Å². The lowest BCUT2D eigenvalue weighted by molar-refractivity contribution is 0.337. The Hall–Kier alpha value is -2.71. The Balaban J connectivity index is 1.61. The number of hydrogen-bond acceptors (Lipinski definition) is 5. The SMILES string of the molecule is CCOc1ccc(S(=O)(=O)NCCn2ccc(-c3ccncc3)n2)cc1C. The minimum Gasteiger partial charge on any atom is -0.494 e. The van der Waals surface area contributed by atoms with Crippen LogP contribution in [0.15, 0.2) is 59.9 Å². The van der Waals surface area contributed by atoms with Crippen LogP contribution in [0, 0.1) is 6.92 Å². The maximum Gasteiger partial charge on any atom is 0.240 e. The molecule has 0 aliphatic carbocycles. The van der Waals surface area contributed by atoms with E-state index in [-0.39, 0.29) is 11.4 Å². The fraction of sp³-hybridized carbons (Fsp3) is 0.263. The summed E-state index contributed by atoms with van der Waals surface area (Å²) in [5.41, 5.74) is 2.57. The first kappa shape index (κ1) is 19.1. The van der Waals surface area contributed by atoms with Crippen LogP contribution in [0.2, 0.25) is 0 Å². The predicted octanol–water partition coefficient (Wildman–Crippen LogP) is 2.63. The summed E-state index contributed by atoms with van der Waals surface area (Å²) in [5, 5.41) is 4.46. The van der Waals surface area contributed by atoms with Gasteiger partial charge in [0.2, 0.25) is 10.0 Å². The van der Waals surface area contributed by atoms with E-state index in [1.54, 1.807) is 35.3 Å². The van der Waals surface area contributed by atoms with Gasteiger partial charge in [-0.15, -0.1) is 0 Å². The van der Waals surface area contributed by atoms with E-state index in [1.165, 1.54) is 0 Å². The molecular formula is C19H22N4O3S. The molecule has 0 radical (unpaired) electrons. The molecule has 27 heavy (non-hydrogen) atoms. The van der Waals surface area contributed by atoms with Crippen molar-refractivity contribution in [1.82, 2.24) is 19.5 Å². The fourth-order valence-corrected chi connectivity index (χ4v) is 3.75. The molecular weight excluding hydrogens is 364 g/mol. The van der Waals surface area contributed by atoms with Gasteiger partial charge in [-0.3, -0.25) is 9.67 Å². The Morgan fingerprint density at radius 3 is 2.63 bits per heavy atom. The lowest BCUT2D eigenvalue weighted by atomic mass is 10.2. The number of benzene rings is 1. The molecule has 0 amide bonds. The molecule has 0 fully saturated rings. The van der Waals surface area contributed by atoms with Gasteiger partial charge in [0.1, 0.15) is 5.75 Å². The van der Waals surface area contributed by atoms with Crippen LogP contribution in [-0.2, 0) is 16.6 Å². The first-order valence-corrected chi connectivity index (χ1v) is 10.1. The van der Waals surface area contributed by atoms with E-state index in [2.05, 4.69) is 14.8 Å². The molecule has 2 heterocycles. The number of pyridine rings is 1. The summed E-state index contributed by atoms with van der Waals surface area (Å²) in [4.78, 5) is 4.21. The minimum absolute atomic E-state index is 0.224. The highest BCUT2D eigenvalue weighted by molar-refractivity contribution is 7.89. The van der Waals surface area contributed by atoms with Crippen molar-refractivity contribution in [1.29, 1.82) is 0 Å². The molecule has 3 aromatic rings. The molecule has 0 unspecified atom stereocenters. The average Bonchev–Trinajstić information content (AvgIpc) is 3.13. The summed E-state index contributed by atoms with van der Waals surface area (Å²) in [7, 11) is -3.58. The van der Waals surface area contributed by atoms with E-state index in [9.17, 15) is 8.42 Å². The van der Waals surface area contributed by atoms with E-state index < -0.39 is 10.0 Å². The summed E-state index contributed by atoms with van der Waals surface area (Å²) in [5.74, 6) is 0.691. The Morgan fingerprint density at radius 1 is 1.15 bits per heavy atom. The second kappa shape index (κ2) is 8.32. The summed E-state index contributed by atoms with van der Waals surface area (Å²) < 4.78 is 34.7. The van der Waals surface area contributed by atoms with Crippen LogP contribution in [-0.4, -0.2) is 36.3 Å². The summed E-state index contributed by atoms with van der Waals surface area (Å²) >= 11 is 0. The second-order valence-corrected chi connectivity index (χ2v) is 7.72. The molecule has 7 nitrogen and oxygen atoms in total. The standard InChI is InChI=1S/C19H22N4O3S/c1-3-26-19-5-4-17(14-15(19)2)27(24,25)21-11-13-23-12-8-18(22-23)16-6-9-20-10-7-16/h4-10,12,14,21H,3,11,13H2,1-2H3. The third-order valence-electron chi connectivity index (χ3n) is 4.01. The van der Waals surface area contributed by atoms with Crippen LogP contribution in [0.25, 0.3) is 11.3 Å². The number of sulfonamides is 1. The third-order valence-corrected chi connectivity index (χ3v) is 5.46. The Morgan fingerprint density at radius 2 is 1.93 bits per heavy atom. The zero-order chi connectivity index (χ0) is 19.3. The molecule has 1 aromatic carbocycles. The summed E-state index contributed by atoms with van der Waals surface area (Å²) in [6.45, 7) is 4.93. The number of hydrogen-bond donors (Lipinski definition) is 1. The molecule has 0 saturated heterocycles. The van der Waals surface area contributed by atoms with E-state index in [4.69, 9.17) is 4.74 Å². The number of aromatic nitrogens is 3. The van der Waals surface area contributed by atoms with Gasteiger partial charge in [-0.25, -0.2) is 13.1 Å². The smallest absolute Gasteiger partial charge is 0.240 e. The van der Waals surface area contributed by atoms with Gasteiger partial charge in [0.05, 0.1) is 23.7 Å². The van der Waals surface area contributed by atoms with Crippen LogP contribution in [0.4, 0.5) is 0 Å². The molecule has 8 heteroatoms. The zero-order valence-electron chi connectivity index (χ0n) is 15.3. The van der Waals surface area contributed by atoms with Gasteiger partial charge in [0.25, 0.3) is 0 Å². The van der Waals surface area contributed by atoms with Crippen molar-refractivity contribution in [3.63, 3.8) is 0 Å². The molecule has 0 saturated carbocycles. The van der Waals surface area contributed by atoms with E-state index in [1.807, 2.05) is 38.2 Å². The van der Waals surface area contributed by atoms with Crippen molar-refractivity contribution in [2.45, 2.75) is 25.3 Å². The van der Waals surface area contributed by atoms with Gasteiger partial charge in [0, 0.05) is 30.7 Å². The third kappa shape index (κ3) is 4.72. The topological polar surface area (TPSA) is 86.1 Å². The lowest BCUT2D eigenvalue weighted by Crippen LogP contribution is -2.27. The van der Waals surface area contributed by atoms with Gasteiger partial charge in [-0.05, 0) is 55.8 Å². The maximum atomic E-state index is 12.5. The highest BCUT2D eigenvalue weighted by Crippen LogP contribution is 2.21. The van der Waals surface area contributed by atoms with E-state index in [0.29, 0.717) is 18.9 Å². The quantitative estimate of drug-likeness (QED) is 0.643. The average molecular weight is 386 g/mol. The molecule has 0 aliphatic heterocycles. The monoisotopic (exact) mass is 386 g/mol. The Bertz CT molecular complexity index is 1000. The normalized spacial score (nSPS) is 11.5. The van der Waals surface area contributed by atoms with E-state index >= 15 is 0 Å². The summed E-state index contributed by atoms with van der Waals surface area (Å²) in [6, 6.07) is 10.5. The summed E-state index contributed by atoms with van der Waals surface area (Å²) in [6.07, 6.45) is 5.24. The zero-order valence-corrected chi connectivity index (χ0v) is 16.1. The second-order valence-electron chi connectivity index (χ2n) is 5.96. The minimum atomic E-state index is -3.58. The predicted molar refractivity (Wildman–Crippen MR) is 103 cm³/mol. The first-order chi connectivity index (χ1) is 13.0. The number of nitrogens with zero attached hydrogens (tertiary/aromatic N) is 3. The molecule has 142 valence electrons. The van der Waals surface area contributed by atoms with Crippen LogP contribution >= 0.6 is 0 Å².